The van der Waals surface area contributed by atoms with Crippen LogP contribution in [0.2, 0.25) is 0 Å². The van der Waals surface area contributed by atoms with E-state index in [4.69, 9.17) is 0 Å². The number of nitrogens with one attached hydrogen (secondary N) is 3. The molecular weight excluding hydrogens is 400 g/mol. The molecule has 1 aliphatic carbocycles. The Hall–Kier alpha value is -4.19. The van der Waals surface area contributed by atoms with Gasteiger partial charge in [0.25, 0.3) is 11.8 Å². The Bertz CT molecular complexity index is 1420. The summed E-state index contributed by atoms with van der Waals surface area (Å²) >= 11 is 0. The number of benzene rings is 3. The van der Waals surface area contributed by atoms with E-state index in [-0.39, 0.29) is 17.9 Å². The SMILES string of the molecule is O=C(NC1CCc2ccccc21)c1cc2c3c(c(-c4ccccc4)[nH]c3c1)C=NNC2=O. The van der Waals surface area contributed by atoms with Gasteiger partial charge in [-0.05, 0) is 41.7 Å². The zero-order chi connectivity index (χ0) is 21.7. The Morgan fingerprint density at radius 1 is 1.03 bits per heavy atom. The van der Waals surface area contributed by atoms with Crippen molar-refractivity contribution in [2.45, 2.75) is 18.9 Å². The van der Waals surface area contributed by atoms with Gasteiger partial charge in [-0.25, -0.2) is 5.43 Å². The van der Waals surface area contributed by atoms with Gasteiger partial charge in [0, 0.05) is 22.0 Å². The third kappa shape index (κ3) is 2.92. The Kier molecular flexibility index (Phi) is 4.18. The zero-order valence-electron chi connectivity index (χ0n) is 17.2. The van der Waals surface area contributed by atoms with Crippen molar-refractivity contribution < 1.29 is 9.59 Å². The number of carbonyl (C=O) groups is 2. The smallest absolute Gasteiger partial charge is 0.272 e. The van der Waals surface area contributed by atoms with Gasteiger partial charge in [0.05, 0.1) is 23.5 Å². The van der Waals surface area contributed by atoms with E-state index in [2.05, 4.69) is 33.0 Å². The fourth-order valence-corrected chi connectivity index (χ4v) is 4.79. The average molecular weight is 420 g/mol. The van der Waals surface area contributed by atoms with Gasteiger partial charge in [0.1, 0.15) is 0 Å². The highest BCUT2D eigenvalue weighted by Gasteiger charge is 2.26. The summed E-state index contributed by atoms with van der Waals surface area (Å²) in [6.07, 6.45) is 3.48. The Morgan fingerprint density at radius 2 is 1.84 bits per heavy atom. The van der Waals surface area contributed by atoms with Gasteiger partial charge in [-0.3, -0.25) is 9.59 Å². The molecule has 6 heteroatoms. The quantitative estimate of drug-likeness (QED) is 0.461. The fraction of sp³-hybridized carbons (Fsp3) is 0.115. The van der Waals surface area contributed by atoms with Crippen LogP contribution in [0.3, 0.4) is 0 Å². The van der Waals surface area contributed by atoms with Crippen LogP contribution in [0, 0.1) is 0 Å². The van der Waals surface area contributed by atoms with Gasteiger partial charge in [-0.15, -0.1) is 0 Å². The van der Waals surface area contributed by atoms with Crippen molar-refractivity contribution in [3.05, 3.63) is 94.5 Å². The van der Waals surface area contributed by atoms with E-state index >= 15 is 0 Å². The first-order valence-electron chi connectivity index (χ1n) is 10.7. The molecule has 2 amide bonds. The van der Waals surface area contributed by atoms with Crippen molar-refractivity contribution in [3.63, 3.8) is 0 Å². The molecule has 0 bridgehead atoms. The van der Waals surface area contributed by atoms with Crippen molar-refractivity contribution in [3.8, 4) is 11.3 Å². The van der Waals surface area contributed by atoms with E-state index in [1.807, 2.05) is 48.5 Å². The standard InChI is InChI=1S/C26H20N4O2/c31-25(29-21-11-10-15-6-4-5-9-18(15)21)17-12-19-23-20(14-27-30-26(19)32)24(28-22(23)13-17)16-7-2-1-3-8-16/h1-9,12-14,21,28H,10-11H2,(H,29,31)(H,30,32). The van der Waals surface area contributed by atoms with Gasteiger partial charge in [-0.2, -0.15) is 5.10 Å². The zero-order valence-corrected chi connectivity index (χ0v) is 17.2. The molecule has 0 fully saturated rings. The lowest BCUT2D eigenvalue weighted by molar-refractivity contribution is 0.0937. The Labute approximate surface area is 184 Å². The Morgan fingerprint density at radius 3 is 2.72 bits per heavy atom. The van der Waals surface area contributed by atoms with Gasteiger partial charge in [0.2, 0.25) is 0 Å². The second kappa shape index (κ2) is 7.20. The van der Waals surface area contributed by atoms with Crippen LogP contribution in [0.25, 0.3) is 22.2 Å². The lowest BCUT2D eigenvalue weighted by Gasteiger charge is -2.15. The van der Waals surface area contributed by atoms with E-state index in [1.165, 1.54) is 11.1 Å². The number of aryl methyl sites for hydroxylation is 1. The lowest BCUT2D eigenvalue weighted by Crippen LogP contribution is -2.27. The molecule has 2 heterocycles. The Balaban J connectivity index is 1.44. The molecular formula is C26H20N4O2. The lowest BCUT2D eigenvalue weighted by atomic mass is 9.99. The molecule has 6 rings (SSSR count). The topological polar surface area (TPSA) is 86.3 Å². The van der Waals surface area contributed by atoms with Crippen molar-refractivity contribution in [2.75, 3.05) is 0 Å². The van der Waals surface area contributed by atoms with E-state index < -0.39 is 0 Å². The summed E-state index contributed by atoms with van der Waals surface area (Å²) < 4.78 is 0. The second-order valence-electron chi connectivity index (χ2n) is 8.19. The molecule has 1 unspecified atom stereocenters. The van der Waals surface area contributed by atoms with Gasteiger partial charge >= 0.3 is 0 Å². The number of aromatic nitrogens is 1. The first-order chi connectivity index (χ1) is 15.7. The molecule has 0 saturated heterocycles. The van der Waals surface area contributed by atoms with Crippen molar-refractivity contribution in [1.29, 1.82) is 0 Å². The molecule has 0 radical (unpaired) electrons. The predicted octanol–water partition coefficient (Wildman–Crippen LogP) is 4.33. The number of amides is 2. The molecule has 3 aromatic carbocycles. The van der Waals surface area contributed by atoms with Crippen LogP contribution in [0.1, 0.15) is 49.9 Å². The molecule has 1 atom stereocenters. The molecule has 6 nitrogen and oxygen atoms in total. The molecule has 32 heavy (non-hydrogen) atoms. The summed E-state index contributed by atoms with van der Waals surface area (Å²) in [5, 5.41) is 8.01. The van der Waals surface area contributed by atoms with E-state index in [1.54, 1.807) is 12.3 Å². The molecule has 1 aliphatic heterocycles. The van der Waals surface area contributed by atoms with Crippen LogP contribution in [-0.4, -0.2) is 23.0 Å². The maximum absolute atomic E-state index is 13.2. The normalized spacial score (nSPS) is 16.5. The van der Waals surface area contributed by atoms with Crippen LogP contribution < -0.4 is 10.7 Å². The predicted molar refractivity (Wildman–Crippen MR) is 124 cm³/mol. The van der Waals surface area contributed by atoms with E-state index in [0.717, 1.165) is 40.6 Å². The maximum Gasteiger partial charge on any atom is 0.272 e. The van der Waals surface area contributed by atoms with E-state index in [9.17, 15) is 9.59 Å². The summed E-state index contributed by atoms with van der Waals surface area (Å²) in [4.78, 5) is 29.4. The highest BCUT2D eigenvalue weighted by atomic mass is 16.2. The van der Waals surface area contributed by atoms with Crippen LogP contribution in [0.4, 0.5) is 0 Å². The summed E-state index contributed by atoms with van der Waals surface area (Å²) in [6.45, 7) is 0. The third-order valence-electron chi connectivity index (χ3n) is 6.30. The maximum atomic E-state index is 13.2. The summed E-state index contributed by atoms with van der Waals surface area (Å²) in [7, 11) is 0. The monoisotopic (exact) mass is 420 g/mol. The largest absolute Gasteiger partial charge is 0.354 e. The average Bonchev–Trinajstić information content (AvgIpc) is 3.35. The van der Waals surface area contributed by atoms with Crippen LogP contribution in [0.15, 0.2) is 71.8 Å². The molecule has 3 N–H and O–H groups in total. The number of rotatable bonds is 3. The molecule has 156 valence electrons. The summed E-state index contributed by atoms with van der Waals surface area (Å²) in [5.74, 6) is -0.523. The first kappa shape index (κ1) is 18.6. The minimum atomic E-state index is -0.329. The molecule has 0 spiro atoms. The van der Waals surface area contributed by atoms with Crippen LogP contribution >= 0.6 is 0 Å². The molecule has 4 aromatic rings. The first-order valence-corrected chi connectivity index (χ1v) is 10.7. The molecule has 1 aromatic heterocycles. The van der Waals surface area contributed by atoms with Crippen LogP contribution in [0.5, 0.6) is 0 Å². The van der Waals surface area contributed by atoms with Crippen molar-refractivity contribution in [2.24, 2.45) is 5.10 Å². The van der Waals surface area contributed by atoms with Crippen molar-refractivity contribution in [1.82, 2.24) is 15.7 Å². The summed E-state index contributed by atoms with van der Waals surface area (Å²) in [5.41, 5.74) is 9.29. The van der Waals surface area contributed by atoms with E-state index in [0.29, 0.717) is 11.1 Å². The fourth-order valence-electron chi connectivity index (χ4n) is 4.79. The number of hydrogen-bond acceptors (Lipinski definition) is 3. The van der Waals surface area contributed by atoms with Gasteiger partial charge in [0.15, 0.2) is 0 Å². The minimum absolute atomic E-state index is 0.0234. The molecule has 2 aliphatic rings. The number of H-pyrrole nitrogens is 1. The number of hydrogen-bond donors (Lipinski definition) is 3. The van der Waals surface area contributed by atoms with Crippen LogP contribution in [-0.2, 0) is 6.42 Å². The number of carbonyl (C=O) groups excluding carboxylic acids is 2. The third-order valence-corrected chi connectivity index (χ3v) is 6.30. The van der Waals surface area contributed by atoms with Crippen molar-refractivity contribution >= 4 is 28.9 Å². The number of hydrazone groups is 1. The molecule has 0 saturated carbocycles. The van der Waals surface area contributed by atoms with Gasteiger partial charge < -0.3 is 10.3 Å². The highest BCUT2D eigenvalue weighted by molar-refractivity contribution is 6.18. The number of fused-ring (bicyclic) bond motifs is 1. The minimum Gasteiger partial charge on any atom is -0.354 e. The summed E-state index contributed by atoms with van der Waals surface area (Å²) in [6, 6.07) is 21.5. The highest BCUT2D eigenvalue weighted by Crippen LogP contribution is 2.34. The number of nitrogens with zero attached hydrogens (tertiary/aromatic N) is 1. The number of aromatic amines is 1. The second-order valence-corrected chi connectivity index (χ2v) is 8.19. The van der Waals surface area contributed by atoms with Gasteiger partial charge in [-0.1, -0.05) is 54.6 Å².